The van der Waals surface area contributed by atoms with Gasteiger partial charge in [0.05, 0.1) is 6.54 Å². The van der Waals surface area contributed by atoms with Crippen LogP contribution in [0.3, 0.4) is 0 Å². The van der Waals surface area contributed by atoms with Crippen molar-refractivity contribution in [1.82, 2.24) is 10.2 Å². The minimum Gasteiger partial charge on any atom is -0.359 e. The van der Waals surface area contributed by atoms with Crippen LogP contribution in [-0.4, -0.2) is 23.8 Å². The first-order valence-electron chi connectivity index (χ1n) is 12.6. The van der Waals surface area contributed by atoms with Crippen LogP contribution in [-0.2, 0) is 11.3 Å². The lowest BCUT2D eigenvalue weighted by molar-refractivity contribution is -0.133. The minimum absolute atomic E-state index is 0.0406. The predicted molar refractivity (Wildman–Crippen MR) is 130 cm³/mol. The number of rotatable bonds is 9. The van der Waals surface area contributed by atoms with Gasteiger partial charge in [-0.2, -0.15) is 0 Å². The van der Waals surface area contributed by atoms with Crippen molar-refractivity contribution < 1.29 is 4.79 Å². The summed E-state index contributed by atoms with van der Waals surface area (Å²) in [6.45, 7) is 0.284. The highest BCUT2D eigenvalue weighted by Crippen LogP contribution is 2.34. The van der Waals surface area contributed by atoms with Gasteiger partial charge in [-0.05, 0) is 54.0 Å². The summed E-state index contributed by atoms with van der Waals surface area (Å²) in [7, 11) is 1.68. The van der Waals surface area contributed by atoms with Gasteiger partial charge in [0.25, 0.3) is 0 Å². The lowest BCUT2D eigenvalue weighted by Crippen LogP contribution is -2.45. The third-order valence-corrected chi connectivity index (χ3v) is 7.47. The van der Waals surface area contributed by atoms with Crippen LogP contribution >= 0.6 is 0 Å². The van der Waals surface area contributed by atoms with Crippen LogP contribution < -0.4 is 5.32 Å². The molecule has 2 fully saturated rings. The van der Waals surface area contributed by atoms with E-state index in [4.69, 9.17) is 5.41 Å². The van der Waals surface area contributed by atoms with Crippen molar-refractivity contribution in [3.05, 3.63) is 34.7 Å². The fourth-order valence-electron chi connectivity index (χ4n) is 5.60. The van der Waals surface area contributed by atoms with Crippen LogP contribution in [0.15, 0.2) is 29.4 Å². The number of carbonyl (C=O) groups excluding carboxylic acids is 1. The van der Waals surface area contributed by atoms with Gasteiger partial charge < -0.3 is 5.32 Å². The van der Waals surface area contributed by atoms with Gasteiger partial charge in [-0.25, -0.2) is 0 Å². The standard InChI is InChI=1S/C26H40N4O2/c1-28-26(27)30(19-22-13-8-14-24(18-22)29-32)25(31)23(17-21-11-6-3-7-12-21)16-15-20-9-4-2-5-10-20/h8,13-14,18,20-21,23H,2-7,9-12,15-17,19H2,1H3,(H2,27,28)/t23-/m0/s1. The summed E-state index contributed by atoms with van der Waals surface area (Å²) in [5, 5.41) is 14.3. The summed E-state index contributed by atoms with van der Waals surface area (Å²) >= 11 is 0. The third kappa shape index (κ3) is 7.14. The summed E-state index contributed by atoms with van der Waals surface area (Å²) in [5.41, 5.74) is 1.17. The summed E-state index contributed by atoms with van der Waals surface area (Å²) in [5.74, 6) is 1.50. The molecular weight excluding hydrogens is 400 g/mol. The summed E-state index contributed by atoms with van der Waals surface area (Å²) in [6.07, 6.45) is 15.9. The monoisotopic (exact) mass is 440 g/mol. The largest absolute Gasteiger partial charge is 0.359 e. The van der Waals surface area contributed by atoms with Crippen LogP contribution in [0.2, 0.25) is 0 Å². The fraction of sp³-hybridized carbons (Fsp3) is 0.692. The molecular formula is C26H40N4O2. The number of amides is 1. The Labute approximate surface area is 193 Å². The Morgan fingerprint density at radius 3 is 2.38 bits per heavy atom. The molecule has 1 atom stereocenters. The van der Waals surface area contributed by atoms with Gasteiger partial charge in [0.2, 0.25) is 5.91 Å². The normalized spacial score (nSPS) is 18.7. The molecule has 0 bridgehead atoms. The second-order valence-corrected chi connectivity index (χ2v) is 9.80. The molecule has 0 spiro atoms. The first kappa shape index (κ1) is 24.4. The van der Waals surface area contributed by atoms with Crippen LogP contribution in [0.25, 0.3) is 0 Å². The molecule has 0 aromatic heterocycles. The smallest absolute Gasteiger partial charge is 0.232 e. The van der Waals surface area contributed by atoms with Gasteiger partial charge in [-0.3, -0.25) is 15.1 Å². The van der Waals surface area contributed by atoms with E-state index < -0.39 is 0 Å². The quantitative estimate of drug-likeness (QED) is 0.260. The van der Waals surface area contributed by atoms with Crippen molar-refractivity contribution >= 4 is 17.6 Å². The molecule has 2 aliphatic rings. The molecule has 0 unspecified atom stereocenters. The molecule has 0 aliphatic heterocycles. The molecule has 2 aliphatic carbocycles. The molecule has 0 saturated heterocycles. The van der Waals surface area contributed by atoms with Gasteiger partial charge in [-0.1, -0.05) is 76.3 Å². The van der Waals surface area contributed by atoms with Crippen LogP contribution in [0.1, 0.15) is 89.0 Å². The van der Waals surface area contributed by atoms with E-state index in [2.05, 4.69) is 10.5 Å². The van der Waals surface area contributed by atoms with Crippen molar-refractivity contribution in [2.45, 2.75) is 90.0 Å². The molecule has 0 radical (unpaired) electrons. The molecule has 6 nitrogen and oxygen atoms in total. The van der Waals surface area contributed by atoms with E-state index >= 15 is 0 Å². The molecule has 6 heteroatoms. The summed E-state index contributed by atoms with van der Waals surface area (Å²) in [4.78, 5) is 26.3. The Bertz CT molecular complexity index is 754. The number of carbonyl (C=O) groups is 1. The Kier molecular flexibility index (Phi) is 9.69. The fourth-order valence-corrected chi connectivity index (χ4v) is 5.60. The Morgan fingerprint density at radius 2 is 1.75 bits per heavy atom. The average Bonchev–Trinajstić information content (AvgIpc) is 2.85. The second kappa shape index (κ2) is 12.7. The maximum Gasteiger partial charge on any atom is 0.232 e. The molecule has 3 rings (SSSR count). The molecule has 2 N–H and O–H groups in total. The van der Waals surface area contributed by atoms with E-state index in [0.29, 0.717) is 11.6 Å². The molecule has 176 valence electrons. The lowest BCUT2D eigenvalue weighted by Gasteiger charge is -2.32. The van der Waals surface area contributed by atoms with E-state index in [0.717, 1.165) is 30.7 Å². The van der Waals surface area contributed by atoms with Gasteiger partial charge in [0, 0.05) is 13.0 Å². The zero-order valence-electron chi connectivity index (χ0n) is 19.7. The molecule has 1 aromatic carbocycles. The highest BCUT2D eigenvalue weighted by Gasteiger charge is 2.30. The molecule has 32 heavy (non-hydrogen) atoms. The lowest BCUT2D eigenvalue weighted by atomic mass is 9.78. The van der Waals surface area contributed by atoms with Crippen molar-refractivity contribution in [2.24, 2.45) is 22.9 Å². The Morgan fingerprint density at radius 1 is 1.09 bits per heavy atom. The van der Waals surface area contributed by atoms with E-state index in [9.17, 15) is 9.70 Å². The van der Waals surface area contributed by atoms with E-state index in [1.54, 1.807) is 30.1 Å². The Hall–Kier alpha value is -2.24. The number of nitrogens with one attached hydrogen (secondary N) is 2. The maximum absolute atomic E-state index is 13.8. The topological polar surface area (TPSA) is 85.6 Å². The zero-order valence-corrected chi connectivity index (χ0v) is 19.7. The zero-order chi connectivity index (χ0) is 22.8. The first-order chi connectivity index (χ1) is 15.6. The number of hydrogen-bond donors (Lipinski definition) is 2. The van der Waals surface area contributed by atoms with E-state index in [1.165, 1.54) is 64.2 Å². The van der Waals surface area contributed by atoms with Crippen LogP contribution in [0.5, 0.6) is 0 Å². The van der Waals surface area contributed by atoms with Crippen LogP contribution in [0.4, 0.5) is 5.69 Å². The average molecular weight is 441 g/mol. The highest BCUT2D eigenvalue weighted by molar-refractivity contribution is 5.96. The van der Waals surface area contributed by atoms with Crippen molar-refractivity contribution in [2.75, 3.05) is 7.05 Å². The number of nitrogens with zero attached hydrogens (tertiary/aromatic N) is 2. The first-order valence-corrected chi connectivity index (χ1v) is 12.6. The molecule has 2 saturated carbocycles. The number of nitroso groups, excluding NO2 is 1. The second-order valence-electron chi connectivity index (χ2n) is 9.80. The van der Waals surface area contributed by atoms with E-state index in [-0.39, 0.29) is 24.3 Å². The summed E-state index contributed by atoms with van der Waals surface area (Å²) in [6, 6.07) is 7.02. The molecule has 1 aromatic rings. The maximum atomic E-state index is 13.8. The minimum atomic E-state index is -0.0406. The van der Waals surface area contributed by atoms with Crippen LogP contribution in [0, 0.1) is 28.1 Å². The van der Waals surface area contributed by atoms with Gasteiger partial charge in [0.15, 0.2) is 5.96 Å². The highest BCUT2D eigenvalue weighted by atomic mass is 16.3. The Balaban J connectivity index is 1.74. The number of hydrogen-bond acceptors (Lipinski definition) is 4. The van der Waals surface area contributed by atoms with E-state index in [1.807, 2.05) is 6.07 Å². The van der Waals surface area contributed by atoms with Gasteiger partial charge in [0.1, 0.15) is 5.69 Å². The van der Waals surface area contributed by atoms with Crippen molar-refractivity contribution in [1.29, 1.82) is 5.41 Å². The molecule has 1 amide bonds. The number of guanidine groups is 1. The van der Waals surface area contributed by atoms with Gasteiger partial charge >= 0.3 is 0 Å². The predicted octanol–water partition coefficient (Wildman–Crippen LogP) is 6.51. The third-order valence-electron chi connectivity index (χ3n) is 7.47. The van der Waals surface area contributed by atoms with Gasteiger partial charge in [-0.15, -0.1) is 4.91 Å². The summed E-state index contributed by atoms with van der Waals surface area (Å²) < 4.78 is 0. The molecule has 0 heterocycles. The number of benzene rings is 1. The van der Waals surface area contributed by atoms with Crippen molar-refractivity contribution in [3.63, 3.8) is 0 Å². The SMILES string of the molecule is CNC(=N)N(Cc1cccc(N=O)c1)C(=O)[C@@H](CCC1CCCCC1)CC1CCCCC1. The van der Waals surface area contributed by atoms with Crippen molar-refractivity contribution in [3.8, 4) is 0 Å².